The molecule has 2 aromatic carbocycles. The minimum atomic E-state index is -0.977. The molecule has 0 aliphatic heterocycles. The quantitative estimate of drug-likeness (QED) is 0.706. The van der Waals surface area contributed by atoms with E-state index in [2.05, 4.69) is 15.9 Å². The molecule has 6 heteroatoms. The summed E-state index contributed by atoms with van der Waals surface area (Å²) < 4.78 is 40.7. The van der Waals surface area contributed by atoms with Crippen LogP contribution in [0.15, 0.2) is 34.8 Å². The summed E-state index contributed by atoms with van der Waals surface area (Å²) in [5.41, 5.74) is -0.480. The number of carbonyl (C=O) groups is 1. The van der Waals surface area contributed by atoms with Crippen LogP contribution in [0.4, 0.5) is 13.2 Å². The molecule has 0 aliphatic carbocycles. The summed E-state index contributed by atoms with van der Waals surface area (Å²) >= 11 is 8.63. The number of carbonyl (C=O) groups excluding carboxylic acids is 1. The number of rotatable bonds is 3. The van der Waals surface area contributed by atoms with Crippen molar-refractivity contribution in [1.82, 2.24) is 0 Å². The van der Waals surface area contributed by atoms with Crippen molar-refractivity contribution in [2.75, 3.05) is 0 Å². The second-order valence-corrected chi connectivity index (χ2v) is 5.35. The van der Waals surface area contributed by atoms with Crippen LogP contribution in [0.5, 0.6) is 0 Å². The molecule has 2 aromatic rings. The van der Waals surface area contributed by atoms with Crippen LogP contribution < -0.4 is 0 Å². The molecule has 0 saturated carbocycles. The van der Waals surface area contributed by atoms with E-state index in [1.165, 1.54) is 12.1 Å². The monoisotopic (exact) mass is 362 g/mol. The van der Waals surface area contributed by atoms with E-state index in [0.717, 1.165) is 18.2 Å². The third kappa shape index (κ3) is 3.04. The molecule has 0 fully saturated rings. The highest BCUT2D eigenvalue weighted by atomic mass is 79.9. The molecule has 0 spiro atoms. The highest BCUT2D eigenvalue weighted by Crippen LogP contribution is 2.24. The van der Waals surface area contributed by atoms with Crippen LogP contribution in [0, 0.1) is 17.5 Å². The Morgan fingerprint density at radius 1 is 1.10 bits per heavy atom. The van der Waals surface area contributed by atoms with Crippen molar-refractivity contribution in [3.63, 3.8) is 0 Å². The fourth-order valence-corrected chi connectivity index (χ4v) is 2.35. The Bertz CT molecular complexity index is 665. The average molecular weight is 364 g/mol. The van der Waals surface area contributed by atoms with E-state index >= 15 is 0 Å². The summed E-state index contributed by atoms with van der Waals surface area (Å²) in [6, 6.07) is 5.92. The van der Waals surface area contributed by atoms with Gasteiger partial charge in [0.2, 0.25) is 0 Å². The van der Waals surface area contributed by atoms with Gasteiger partial charge in [-0.2, -0.15) is 0 Å². The van der Waals surface area contributed by atoms with Gasteiger partial charge in [-0.3, -0.25) is 4.79 Å². The summed E-state index contributed by atoms with van der Waals surface area (Å²) in [7, 11) is 0. The smallest absolute Gasteiger partial charge is 0.173 e. The van der Waals surface area contributed by atoms with E-state index in [1.54, 1.807) is 0 Å². The molecule has 0 radical (unpaired) electrons. The number of benzene rings is 2. The van der Waals surface area contributed by atoms with Crippen LogP contribution in [0.1, 0.15) is 15.9 Å². The zero-order valence-electron chi connectivity index (χ0n) is 9.89. The first-order valence-corrected chi connectivity index (χ1v) is 6.68. The predicted molar refractivity (Wildman–Crippen MR) is 73.5 cm³/mol. The lowest BCUT2D eigenvalue weighted by molar-refractivity contribution is 0.0985. The summed E-state index contributed by atoms with van der Waals surface area (Å²) in [5.74, 6) is -3.45. The Morgan fingerprint density at radius 3 is 2.30 bits per heavy atom. The molecule has 0 saturated heterocycles. The van der Waals surface area contributed by atoms with Crippen molar-refractivity contribution in [1.29, 1.82) is 0 Å². The Morgan fingerprint density at radius 2 is 1.70 bits per heavy atom. The van der Waals surface area contributed by atoms with Crippen molar-refractivity contribution in [2.45, 2.75) is 6.42 Å². The molecule has 0 atom stereocenters. The predicted octanol–water partition coefficient (Wildman–Crippen LogP) is 4.95. The van der Waals surface area contributed by atoms with Gasteiger partial charge in [-0.1, -0.05) is 39.7 Å². The van der Waals surface area contributed by atoms with Gasteiger partial charge in [0.05, 0.1) is 10.6 Å². The molecule has 0 aromatic heterocycles. The molecule has 0 heterocycles. The topological polar surface area (TPSA) is 17.1 Å². The minimum Gasteiger partial charge on any atom is -0.294 e. The Balaban J connectivity index is 2.36. The molecule has 0 aliphatic rings. The van der Waals surface area contributed by atoms with E-state index in [0.29, 0.717) is 0 Å². The van der Waals surface area contributed by atoms with Gasteiger partial charge in [0.25, 0.3) is 0 Å². The number of hydrogen-bond donors (Lipinski definition) is 0. The molecule has 20 heavy (non-hydrogen) atoms. The first-order valence-electron chi connectivity index (χ1n) is 5.50. The maximum absolute atomic E-state index is 13.6. The Labute approximate surface area is 126 Å². The maximum Gasteiger partial charge on any atom is 0.173 e. The Kier molecular flexibility index (Phi) is 4.50. The van der Waals surface area contributed by atoms with Gasteiger partial charge < -0.3 is 0 Å². The summed E-state index contributed by atoms with van der Waals surface area (Å²) in [6.45, 7) is 0. The first-order chi connectivity index (χ1) is 9.40. The van der Waals surface area contributed by atoms with Gasteiger partial charge in [-0.25, -0.2) is 13.2 Å². The number of halogens is 5. The minimum absolute atomic E-state index is 0.179. The van der Waals surface area contributed by atoms with Gasteiger partial charge in [-0.15, -0.1) is 0 Å². The van der Waals surface area contributed by atoms with Crippen LogP contribution in [0.2, 0.25) is 5.02 Å². The van der Waals surface area contributed by atoms with Crippen molar-refractivity contribution >= 4 is 33.3 Å². The molecule has 0 unspecified atom stereocenters. The molecule has 104 valence electrons. The van der Waals surface area contributed by atoms with Gasteiger partial charge in [-0.05, 0) is 23.8 Å². The third-order valence-corrected chi connectivity index (χ3v) is 3.55. The summed E-state index contributed by atoms with van der Waals surface area (Å²) in [4.78, 5) is 12.0. The molecular weight excluding hydrogens is 357 g/mol. The third-order valence-electron chi connectivity index (χ3n) is 2.67. The number of ketones is 1. The van der Waals surface area contributed by atoms with E-state index in [1.807, 2.05) is 0 Å². The van der Waals surface area contributed by atoms with Crippen LogP contribution >= 0.6 is 27.5 Å². The summed E-state index contributed by atoms with van der Waals surface area (Å²) in [5, 5.41) is -0.223. The standard InChI is InChI=1S/C14H7BrClF3O/c15-8-5-10(18)13(11(19)6-8)12(20)4-7-2-1-3-9(17)14(7)16/h1-3,5-6H,4H2. The lowest BCUT2D eigenvalue weighted by atomic mass is 10.0. The van der Waals surface area contributed by atoms with Gasteiger partial charge in [0.15, 0.2) is 5.78 Å². The lowest BCUT2D eigenvalue weighted by Gasteiger charge is -2.07. The first kappa shape index (κ1) is 15.1. The normalized spacial score (nSPS) is 10.7. The second kappa shape index (κ2) is 5.97. The number of hydrogen-bond acceptors (Lipinski definition) is 1. The molecular formula is C14H7BrClF3O. The molecule has 2 rings (SSSR count). The van der Waals surface area contributed by atoms with Crippen molar-refractivity contribution in [3.8, 4) is 0 Å². The maximum atomic E-state index is 13.6. The zero-order valence-corrected chi connectivity index (χ0v) is 12.2. The zero-order chi connectivity index (χ0) is 14.9. The van der Waals surface area contributed by atoms with Crippen molar-refractivity contribution in [2.24, 2.45) is 0 Å². The summed E-state index contributed by atoms with van der Waals surface area (Å²) in [6.07, 6.45) is -0.383. The number of Topliss-reactive ketones (excluding diaryl/α,β-unsaturated/α-hetero) is 1. The fourth-order valence-electron chi connectivity index (χ4n) is 1.75. The van der Waals surface area contributed by atoms with E-state index < -0.39 is 28.8 Å². The average Bonchev–Trinajstić information content (AvgIpc) is 2.33. The fraction of sp³-hybridized carbons (Fsp3) is 0.0714. The largest absolute Gasteiger partial charge is 0.294 e. The van der Waals surface area contributed by atoms with Crippen molar-refractivity contribution in [3.05, 3.63) is 68.4 Å². The SMILES string of the molecule is O=C(Cc1cccc(F)c1Cl)c1c(F)cc(Br)cc1F. The van der Waals surface area contributed by atoms with Gasteiger partial charge in [0, 0.05) is 10.9 Å². The van der Waals surface area contributed by atoms with E-state index in [-0.39, 0.29) is 21.5 Å². The molecule has 0 N–H and O–H groups in total. The van der Waals surface area contributed by atoms with Crippen molar-refractivity contribution < 1.29 is 18.0 Å². The van der Waals surface area contributed by atoms with E-state index in [9.17, 15) is 18.0 Å². The van der Waals surface area contributed by atoms with Crippen LogP contribution in [0.25, 0.3) is 0 Å². The van der Waals surface area contributed by atoms with E-state index in [4.69, 9.17) is 11.6 Å². The lowest BCUT2D eigenvalue weighted by Crippen LogP contribution is -2.10. The molecule has 0 amide bonds. The Hall–Kier alpha value is -1.33. The van der Waals surface area contributed by atoms with Crippen LogP contribution in [-0.2, 0) is 6.42 Å². The highest BCUT2D eigenvalue weighted by Gasteiger charge is 2.20. The second-order valence-electron chi connectivity index (χ2n) is 4.06. The van der Waals surface area contributed by atoms with Crippen LogP contribution in [0.3, 0.4) is 0 Å². The molecule has 1 nitrogen and oxygen atoms in total. The highest BCUT2D eigenvalue weighted by molar-refractivity contribution is 9.10. The van der Waals surface area contributed by atoms with Crippen LogP contribution in [-0.4, -0.2) is 5.78 Å². The van der Waals surface area contributed by atoms with Gasteiger partial charge >= 0.3 is 0 Å². The van der Waals surface area contributed by atoms with Gasteiger partial charge in [0.1, 0.15) is 17.5 Å². The molecule has 0 bridgehead atoms.